The van der Waals surface area contributed by atoms with Crippen LogP contribution in [0.5, 0.6) is 0 Å². The van der Waals surface area contributed by atoms with Gasteiger partial charge in [-0.3, -0.25) is 0 Å². The normalized spacial score (nSPS) is 12.9. The summed E-state index contributed by atoms with van der Waals surface area (Å²) < 4.78 is 0. The van der Waals surface area contributed by atoms with E-state index < -0.39 is 0 Å². The second kappa shape index (κ2) is 6.56. The largest absolute Gasteiger partial charge is 0.370 e. The highest BCUT2D eigenvalue weighted by molar-refractivity contribution is 6.03. The average molecular weight is 323 g/mol. The van der Waals surface area contributed by atoms with E-state index in [1.807, 2.05) is 26.0 Å². The summed E-state index contributed by atoms with van der Waals surface area (Å²) in [6.07, 6.45) is 1.04. The molecule has 0 unspecified atom stereocenters. The van der Waals surface area contributed by atoms with Crippen LogP contribution in [0.3, 0.4) is 0 Å². The lowest BCUT2D eigenvalue weighted by Gasteiger charge is -2.21. The first-order valence-electron chi connectivity index (χ1n) is 8.52. The standard InChI is InChI=1S/C20H25N3O/c1-5-23-10-9-16-7-6-8-17(19(16)23)21-20(24)22-18-14(3)11-13(2)12-15(18)4/h6-8,11-12H,5,9-10H2,1-4H3,(H2,21,22,24). The predicted octanol–water partition coefficient (Wildman–Crippen LogP) is 4.64. The van der Waals surface area contributed by atoms with Gasteiger partial charge in [0.05, 0.1) is 11.4 Å². The van der Waals surface area contributed by atoms with Crippen molar-refractivity contribution in [3.63, 3.8) is 0 Å². The quantitative estimate of drug-likeness (QED) is 0.864. The van der Waals surface area contributed by atoms with Crippen molar-refractivity contribution in [1.29, 1.82) is 0 Å². The van der Waals surface area contributed by atoms with E-state index in [4.69, 9.17) is 0 Å². The number of benzene rings is 2. The zero-order valence-electron chi connectivity index (χ0n) is 14.9. The monoisotopic (exact) mass is 323 g/mol. The molecule has 0 aliphatic carbocycles. The summed E-state index contributed by atoms with van der Waals surface area (Å²) in [5.74, 6) is 0. The first kappa shape index (κ1) is 16.4. The summed E-state index contributed by atoms with van der Waals surface area (Å²) in [4.78, 5) is 14.8. The van der Waals surface area contributed by atoms with E-state index in [2.05, 4.69) is 47.6 Å². The van der Waals surface area contributed by atoms with Crippen molar-refractivity contribution < 1.29 is 4.79 Å². The number of likely N-dealkylation sites (N-methyl/N-ethyl adjacent to an activating group) is 1. The zero-order chi connectivity index (χ0) is 17.3. The summed E-state index contributed by atoms with van der Waals surface area (Å²) in [6, 6.07) is 10.1. The molecular formula is C20H25N3O. The summed E-state index contributed by atoms with van der Waals surface area (Å²) in [5.41, 5.74) is 7.59. The molecule has 2 aromatic carbocycles. The van der Waals surface area contributed by atoms with Crippen molar-refractivity contribution >= 4 is 23.1 Å². The van der Waals surface area contributed by atoms with Crippen LogP contribution in [0.1, 0.15) is 29.2 Å². The number of carbonyl (C=O) groups excluding carboxylic acids is 1. The molecule has 0 atom stereocenters. The first-order chi connectivity index (χ1) is 11.5. The third kappa shape index (κ3) is 3.09. The van der Waals surface area contributed by atoms with Crippen LogP contribution < -0.4 is 15.5 Å². The number of fused-ring (bicyclic) bond motifs is 1. The number of carbonyl (C=O) groups is 1. The number of rotatable bonds is 3. The van der Waals surface area contributed by atoms with Crippen LogP contribution in [0.2, 0.25) is 0 Å². The van der Waals surface area contributed by atoms with E-state index in [0.29, 0.717) is 0 Å². The average Bonchev–Trinajstić information content (AvgIpc) is 2.95. The Morgan fingerprint density at radius 2 is 1.83 bits per heavy atom. The minimum Gasteiger partial charge on any atom is -0.370 e. The molecule has 4 heteroatoms. The highest BCUT2D eigenvalue weighted by atomic mass is 16.2. The van der Waals surface area contributed by atoms with Crippen LogP contribution in [0, 0.1) is 20.8 Å². The number of aryl methyl sites for hydroxylation is 3. The molecule has 0 saturated carbocycles. The molecule has 3 rings (SSSR count). The van der Waals surface area contributed by atoms with Crippen molar-refractivity contribution in [2.45, 2.75) is 34.1 Å². The van der Waals surface area contributed by atoms with Gasteiger partial charge in [-0.05, 0) is 56.9 Å². The van der Waals surface area contributed by atoms with E-state index in [9.17, 15) is 4.79 Å². The van der Waals surface area contributed by atoms with E-state index in [0.717, 1.165) is 47.7 Å². The molecule has 0 aromatic heterocycles. The summed E-state index contributed by atoms with van der Waals surface area (Å²) in [5, 5.41) is 6.04. The Morgan fingerprint density at radius 1 is 1.12 bits per heavy atom. The third-order valence-electron chi connectivity index (χ3n) is 4.63. The number of hydrogen-bond donors (Lipinski definition) is 2. The Kier molecular flexibility index (Phi) is 4.47. The Hall–Kier alpha value is -2.49. The fraction of sp³-hybridized carbons (Fsp3) is 0.350. The van der Waals surface area contributed by atoms with Crippen molar-refractivity contribution in [2.24, 2.45) is 0 Å². The molecule has 0 fully saturated rings. The highest BCUT2D eigenvalue weighted by Crippen LogP contribution is 2.35. The topological polar surface area (TPSA) is 44.4 Å². The Labute approximate surface area is 143 Å². The van der Waals surface area contributed by atoms with E-state index in [1.165, 1.54) is 11.1 Å². The highest BCUT2D eigenvalue weighted by Gasteiger charge is 2.22. The summed E-state index contributed by atoms with van der Waals surface area (Å²) in [7, 11) is 0. The fourth-order valence-corrected chi connectivity index (χ4v) is 3.60. The van der Waals surface area contributed by atoms with Crippen LogP contribution in [-0.4, -0.2) is 19.1 Å². The number of amides is 2. The maximum atomic E-state index is 12.5. The van der Waals surface area contributed by atoms with Gasteiger partial charge >= 0.3 is 6.03 Å². The van der Waals surface area contributed by atoms with Crippen LogP contribution in [-0.2, 0) is 6.42 Å². The minimum atomic E-state index is -0.193. The third-order valence-corrected chi connectivity index (χ3v) is 4.63. The van der Waals surface area contributed by atoms with Crippen molar-refractivity contribution in [3.8, 4) is 0 Å². The zero-order valence-corrected chi connectivity index (χ0v) is 14.9. The Bertz CT molecular complexity index is 759. The molecule has 2 N–H and O–H groups in total. The van der Waals surface area contributed by atoms with Gasteiger partial charge in [-0.1, -0.05) is 29.8 Å². The van der Waals surface area contributed by atoms with E-state index >= 15 is 0 Å². The van der Waals surface area contributed by atoms with Crippen molar-refractivity contribution in [2.75, 3.05) is 28.6 Å². The van der Waals surface area contributed by atoms with Gasteiger partial charge in [-0.2, -0.15) is 0 Å². The second-order valence-electron chi connectivity index (χ2n) is 6.50. The second-order valence-corrected chi connectivity index (χ2v) is 6.50. The molecule has 0 saturated heterocycles. The van der Waals surface area contributed by atoms with Crippen LogP contribution in [0.15, 0.2) is 30.3 Å². The van der Waals surface area contributed by atoms with Gasteiger partial charge in [0.15, 0.2) is 0 Å². The van der Waals surface area contributed by atoms with Crippen LogP contribution >= 0.6 is 0 Å². The molecule has 1 aliphatic heterocycles. The number of urea groups is 1. The van der Waals surface area contributed by atoms with E-state index in [1.54, 1.807) is 0 Å². The Balaban J connectivity index is 1.81. The van der Waals surface area contributed by atoms with Gasteiger partial charge in [-0.25, -0.2) is 4.79 Å². The number of nitrogens with one attached hydrogen (secondary N) is 2. The number of hydrogen-bond acceptors (Lipinski definition) is 2. The molecule has 2 aromatic rings. The lowest BCUT2D eigenvalue weighted by molar-refractivity contribution is 0.262. The SMILES string of the molecule is CCN1CCc2cccc(NC(=O)Nc3c(C)cc(C)cc3C)c21. The molecule has 0 radical (unpaired) electrons. The van der Waals surface area contributed by atoms with Crippen molar-refractivity contribution in [1.82, 2.24) is 0 Å². The van der Waals surface area contributed by atoms with Gasteiger partial charge in [0.25, 0.3) is 0 Å². The molecular weight excluding hydrogens is 298 g/mol. The molecule has 4 nitrogen and oxygen atoms in total. The van der Waals surface area contributed by atoms with Gasteiger partial charge in [0.1, 0.15) is 0 Å². The molecule has 126 valence electrons. The van der Waals surface area contributed by atoms with Gasteiger partial charge in [-0.15, -0.1) is 0 Å². The molecule has 2 amide bonds. The lowest BCUT2D eigenvalue weighted by atomic mass is 10.1. The number of para-hydroxylation sites is 1. The predicted molar refractivity (Wildman–Crippen MR) is 101 cm³/mol. The maximum absolute atomic E-state index is 12.5. The maximum Gasteiger partial charge on any atom is 0.323 e. The van der Waals surface area contributed by atoms with Crippen molar-refractivity contribution in [3.05, 3.63) is 52.6 Å². The first-order valence-corrected chi connectivity index (χ1v) is 8.52. The van der Waals surface area contributed by atoms with Gasteiger partial charge in [0, 0.05) is 18.8 Å². The molecule has 0 bridgehead atoms. The molecule has 0 spiro atoms. The summed E-state index contributed by atoms with van der Waals surface area (Å²) in [6.45, 7) is 10.2. The van der Waals surface area contributed by atoms with Gasteiger partial charge in [0.2, 0.25) is 0 Å². The number of anilines is 3. The molecule has 1 heterocycles. The van der Waals surface area contributed by atoms with E-state index in [-0.39, 0.29) is 6.03 Å². The van der Waals surface area contributed by atoms with Crippen LogP contribution in [0.4, 0.5) is 21.9 Å². The Morgan fingerprint density at radius 3 is 2.50 bits per heavy atom. The molecule has 24 heavy (non-hydrogen) atoms. The number of nitrogens with zero attached hydrogens (tertiary/aromatic N) is 1. The van der Waals surface area contributed by atoms with Crippen LogP contribution in [0.25, 0.3) is 0 Å². The van der Waals surface area contributed by atoms with Gasteiger partial charge < -0.3 is 15.5 Å². The smallest absolute Gasteiger partial charge is 0.323 e. The fourth-order valence-electron chi connectivity index (χ4n) is 3.60. The minimum absolute atomic E-state index is 0.193. The summed E-state index contributed by atoms with van der Waals surface area (Å²) >= 11 is 0. The molecule has 1 aliphatic rings. The lowest BCUT2D eigenvalue weighted by Crippen LogP contribution is -2.24.